The molecule has 3 N–H and O–H groups in total. The Morgan fingerprint density at radius 3 is 1.25 bits per heavy atom. The molecule has 0 aromatic carbocycles. The maximum absolute atomic E-state index is 8.88. The van der Waals surface area contributed by atoms with Crippen LogP contribution in [0.25, 0.3) is 0 Å². The van der Waals surface area contributed by atoms with Crippen LogP contribution < -0.4 is 29.6 Å². The fourth-order valence-corrected chi connectivity index (χ4v) is 0. The largest absolute Gasteiger partial charge is 2.00 e. The molecule has 8 heteroatoms. The first-order chi connectivity index (χ1) is 2.00. The molecule has 0 saturated carbocycles. The van der Waals surface area contributed by atoms with Crippen LogP contribution in [0.3, 0.4) is 0 Å². The minimum atomic E-state index is -4.64. The second-order valence-corrected chi connectivity index (χ2v) is 1.54. The van der Waals surface area contributed by atoms with Gasteiger partial charge in [0.2, 0.25) is 0 Å². The quantitative estimate of drug-likeness (QED) is 0.269. The summed E-state index contributed by atoms with van der Waals surface area (Å²) in [5.41, 5.74) is 0. The Balaban J connectivity index is -0.00000000533. The molecule has 0 fully saturated rings. The average molecular weight is 185 g/mol. The van der Waals surface area contributed by atoms with Gasteiger partial charge in [-0.15, -0.1) is 12.4 Å². The van der Waals surface area contributed by atoms with Crippen molar-refractivity contribution in [3.05, 3.63) is 0 Å². The van der Waals surface area contributed by atoms with Crippen LogP contribution in [0.15, 0.2) is 0 Å². The Kier molecular flexibility index (Phi) is 25.7. The van der Waals surface area contributed by atoms with E-state index in [4.69, 9.17) is 19.2 Å². The molecule has 0 aromatic rings. The molecule has 0 aliphatic rings. The molecule has 4 nitrogen and oxygen atoms in total. The Bertz CT molecular complexity index is 71.5. The van der Waals surface area contributed by atoms with E-state index in [0.29, 0.717) is 0 Å². The fourth-order valence-electron chi connectivity index (χ4n) is 0. The van der Waals surface area contributed by atoms with Crippen molar-refractivity contribution in [2.75, 3.05) is 0 Å². The average Bonchev–Trinajstić information content (AvgIpc) is 0.722. The Hall–Kier alpha value is 2.17. The van der Waals surface area contributed by atoms with Gasteiger partial charge in [0.25, 0.3) is 0 Å². The fraction of sp³-hybridized carbons (Fsp3) is 0. The molecular weight excluding hydrogens is 178 g/mol. The minimum Gasteiger partial charge on any atom is -1.00 e. The van der Waals surface area contributed by atoms with Crippen LogP contribution in [0.5, 0.6) is 0 Å². The third-order valence-corrected chi connectivity index (χ3v) is 0. The van der Waals surface area contributed by atoms with Crippen LogP contribution in [0.1, 0.15) is 4.28 Å². The summed E-state index contributed by atoms with van der Waals surface area (Å²) in [6, 6.07) is 0. The molecule has 0 saturated heterocycles. The second-order valence-electron chi connectivity index (χ2n) is 0.513. The van der Waals surface area contributed by atoms with Crippen molar-refractivity contribution in [1.29, 1.82) is 0 Å². The summed E-state index contributed by atoms with van der Waals surface area (Å²) in [5, 5.41) is 0. The van der Waals surface area contributed by atoms with Gasteiger partial charge in [0.05, 0.1) is 0 Å². The van der Waals surface area contributed by atoms with E-state index in [-0.39, 0.29) is 69.3 Å². The molecule has 0 bridgehead atoms. The summed E-state index contributed by atoms with van der Waals surface area (Å²) >= 11 is 0. The normalized spacial score (nSPS) is 7.38. The summed E-state index contributed by atoms with van der Waals surface area (Å²) < 4.78 is 8.88. The van der Waals surface area contributed by atoms with Gasteiger partial charge < -0.3 is 19.0 Å². The van der Waals surface area contributed by atoms with Gasteiger partial charge in [-0.3, -0.25) is 0 Å². The van der Waals surface area contributed by atoms with Crippen molar-refractivity contribution in [3.63, 3.8) is 0 Å². The molecule has 0 atom stereocenters. The molecule has 8 heavy (non-hydrogen) atoms. The van der Waals surface area contributed by atoms with Crippen molar-refractivity contribution in [2.45, 2.75) is 0 Å². The van der Waals surface area contributed by atoms with Gasteiger partial charge in [0.1, 0.15) is 0 Å². The van der Waals surface area contributed by atoms with E-state index in [1.54, 1.807) is 0 Å². The van der Waals surface area contributed by atoms with Gasteiger partial charge in [-0.25, -0.2) is 4.57 Å². The molecular formula is H7ClMgNaO4P. The zero-order valence-corrected chi connectivity index (χ0v) is 9.44. The standard InChI is InChI=1S/ClH.Mg.Na.H3O4P.3H/c;;;1-5(2,3)4;;;/h1H;;;(H3,1,2,3,4);;;/q;+2;+1;;3*-1. The van der Waals surface area contributed by atoms with E-state index in [9.17, 15) is 0 Å². The summed E-state index contributed by atoms with van der Waals surface area (Å²) in [4.78, 5) is 21.6. The zero-order valence-electron chi connectivity index (χ0n) is 7.31. The summed E-state index contributed by atoms with van der Waals surface area (Å²) in [5.74, 6) is 0. The summed E-state index contributed by atoms with van der Waals surface area (Å²) in [6.45, 7) is 0. The number of phosphoric acid groups is 1. The Labute approximate surface area is 95.6 Å². The first-order valence-corrected chi connectivity index (χ1v) is 2.35. The van der Waals surface area contributed by atoms with E-state index in [1.807, 2.05) is 0 Å². The number of rotatable bonds is 0. The zero-order chi connectivity index (χ0) is 4.50. The molecule has 0 heterocycles. The van der Waals surface area contributed by atoms with Crippen LogP contribution >= 0.6 is 20.2 Å². The van der Waals surface area contributed by atoms with Crippen LogP contribution in [-0.2, 0) is 4.57 Å². The molecule has 0 unspecified atom stereocenters. The van der Waals surface area contributed by atoms with E-state index < -0.39 is 7.82 Å². The minimum absolute atomic E-state index is 0. The first-order valence-electron chi connectivity index (χ1n) is 0.783. The van der Waals surface area contributed by atoms with E-state index >= 15 is 0 Å². The Morgan fingerprint density at radius 1 is 1.25 bits per heavy atom. The van der Waals surface area contributed by atoms with Crippen LogP contribution in [0, 0.1) is 0 Å². The van der Waals surface area contributed by atoms with Crippen molar-refractivity contribution in [2.24, 2.45) is 0 Å². The second kappa shape index (κ2) is 9.17. The van der Waals surface area contributed by atoms with E-state index in [1.165, 1.54) is 0 Å². The third kappa shape index (κ3) is 89.4. The first kappa shape index (κ1) is 22.5. The van der Waals surface area contributed by atoms with Crippen molar-refractivity contribution < 1.29 is 53.1 Å². The van der Waals surface area contributed by atoms with Crippen molar-refractivity contribution in [1.82, 2.24) is 0 Å². The number of hydrogen-bond donors (Lipinski definition) is 3. The third-order valence-electron chi connectivity index (χ3n) is 0. The van der Waals surface area contributed by atoms with Gasteiger partial charge in [-0.1, -0.05) is 0 Å². The summed E-state index contributed by atoms with van der Waals surface area (Å²) in [6.07, 6.45) is 0. The van der Waals surface area contributed by atoms with Crippen molar-refractivity contribution in [3.8, 4) is 0 Å². The maximum atomic E-state index is 8.88. The molecule has 0 aromatic heterocycles. The molecule has 0 spiro atoms. The molecule has 0 amide bonds. The van der Waals surface area contributed by atoms with Gasteiger partial charge in [-0.05, 0) is 0 Å². The SMILES string of the molecule is Cl.O=P(O)(O)O.[H-].[H-].[H-].[Mg+2].[Na+]. The van der Waals surface area contributed by atoms with E-state index in [0.717, 1.165) is 0 Å². The molecule has 46 valence electrons. The maximum Gasteiger partial charge on any atom is 2.00 e. The van der Waals surface area contributed by atoms with Gasteiger partial charge in [0.15, 0.2) is 0 Å². The molecule has 0 radical (unpaired) electrons. The monoisotopic (exact) mass is 184 g/mol. The molecule has 0 aliphatic carbocycles. The Morgan fingerprint density at radius 2 is 1.25 bits per heavy atom. The number of hydrogen-bond acceptors (Lipinski definition) is 1. The molecule has 0 aliphatic heterocycles. The summed E-state index contributed by atoms with van der Waals surface area (Å²) in [7, 11) is -4.64. The van der Waals surface area contributed by atoms with Crippen LogP contribution in [0.2, 0.25) is 0 Å². The number of halogens is 1. The van der Waals surface area contributed by atoms with Crippen LogP contribution in [-0.4, -0.2) is 37.7 Å². The van der Waals surface area contributed by atoms with Gasteiger partial charge in [0, 0.05) is 0 Å². The van der Waals surface area contributed by atoms with E-state index in [2.05, 4.69) is 0 Å². The smallest absolute Gasteiger partial charge is 1.00 e. The van der Waals surface area contributed by atoms with Crippen molar-refractivity contribution >= 4 is 43.3 Å². The van der Waals surface area contributed by atoms with Gasteiger partial charge >= 0.3 is 60.4 Å². The molecule has 0 rings (SSSR count). The topological polar surface area (TPSA) is 77.8 Å². The predicted molar refractivity (Wildman–Crippen MR) is 30.6 cm³/mol. The van der Waals surface area contributed by atoms with Crippen LogP contribution in [0.4, 0.5) is 0 Å². The van der Waals surface area contributed by atoms with Gasteiger partial charge in [-0.2, -0.15) is 0 Å². The predicted octanol–water partition coefficient (Wildman–Crippen LogP) is -3.55.